The van der Waals surface area contributed by atoms with Crippen LogP contribution in [0.1, 0.15) is 48.3 Å². The molecule has 1 aromatic carbocycles. The van der Waals surface area contributed by atoms with Gasteiger partial charge in [0, 0.05) is 0 Å². The van der Waals surface area contributed by atoms with E-state index < -0.39 is 5.91 Å². The second-order valence-corrected chi connectivity index (χ2v) is 4.96. The smallest absolute Gasteiger partial charge is 0.278 e. The van der Waals surface area contributed by atoms with Crippen LogP contribution in [-0.2, 0) is 6.42 Å². The molecule has 1 amide bonds. The van der Waals surface area contributed by atoms with Crippen LogP contribution in [-0.4, -0.2) is 20.9 Å². The number of amides is 1. The van der Waals surface area contributed by atoms with E-state index in [1.54, 1.807) is 10.2 Å². The molecule has 1 aromatic heterocycles. The Morgan fingerprint density at radius 1 is 1.35 bits per heavy atom. The topological polar surface area (TPSA) is 67.2 Å². The standard InChI is InChI=1S/C15H19N3O2/c1-4-14-13(15(19)17-20)9-16-18(14)12-7-5-11(6-8-12)10(2)3/h5-10,20H,4H2,1-3H3,(H,17,19). The molecule has 2 rings (SSSR count). The molecule has 0 fully saturated rings. The third-order valence-corrected chi connectivity index (χ3v) is 3.35. The van der Waals surface area contributed by atoms with Crippen molar-refractivity contribution in [2.45, 2.75) is 33.1 Å². The Labute approximate surface area is 118 Å². The zero-order valence-corrected chi connectivity index (χ0v) is 11.9. The van der Waals surface area contributed by atoms with Gasteiger partial charge >= 0.3 is 0 Å². The van der Waals surface area contributed by atoms with Crippen molar-refractivity contribution < 1.29 is 10.0 Å². The summed E-state index contributed by atoms with van der Waals surface area (Å²) in [5.41, 5.74) is 4.98. The minimum atomic E-state index is -0.535. The summed E-state index contributed by atoms with van der Waals surface area (Å²) in [4.78, 5) is 11.6. The minimum absolute atomic E-state index is 0.392. The first-order valence-electron chi connectivity index (χ1n) is 6.70. The van der Waals surface area contributed by atoms with E-state index in [-0.39, 0.29) is 0 Å². The van der Waals surface area contributed by atoms with E-state index in [1.807, 2.05) is 19.1 Å². The number of nitrogens with one attached hydrogen (secondary N) is 1. The number of hydroxylamine groups is 1. The number of hydrogen-bond acceptors (Lipinski definition) is 3. The quantitative estimate of drug-likeness (QED) is 0.665. The summed E-state index contributed by atoms with van der Waals surface area (Å²) in [6, 6.07) is 8.10. The van der Waals surface area contributed by atoms with Crippen molar-refractivity contribution in [3.05, 3.63) is 47.3 Å². The average Bonchev–Trinajstić information content (AvgIpc) is 2.90. The van der Waals surface area contributed by atoms with E-state index in [1.165, 1.54) is 11.8 Å². The highest BCUT2D eigenvalue weighted by atomic mass is 16.5. The van der Waals surface area contributed by atoms with Gasteiger partial charge in [-0.15, -0.1) is 0 Å². The molecule has 20 heavy (non-hydrogen) atoms. The van der Waals surface area contributed by atoms with Crippen molar-refractivity contribution in [3.63, 3.8) is 0 Å². The molecule has 0 radical (unpaired) electrons. The summed E-state index contributed by atoms with van der Waals surface area (Å²) in [6.07, 6.45) is 2.12. The number of carbonyl (C=O) groups is 1. The predicted octanol–water partition coefficient (Wildman–Crippen LogP) is 2.68. The Hall–Kier alpha value is -2.14. The summed E-state index contributed by atoms with van der Waals surface area (Å²) in [7, 11) is 0. The van der Waals surface area contributed by atoms with Crippen LogP contribution in [0.15, 0.2) is 30.5 Å². The van der Waals surface area contributed by atoms with Gasteiger partial charge in [-0.1, -0.05) is 32.9 Å². The lowest BCUT2D eigenvalue weighted by Gasteiger charge is -2.10. The molecule has 0 atom stereocenters. The molecule has 0 saturated carbocycles. The van der Waals surface area contributed by atoms with Crippen LogP contribution in [0.25, 0.3) is 5.69 Å². The lowest BCUT2D eigenvalue weighted by molar-refractivity contribution is 0.0705. The van der Waals surface area contributed by atoms with Crippen molar-refractivity contribution >= 4 is 5.91 Å². The fourth-order valence-electron chi connectivity index (χ4n) is 2.19. The number of rotatable bonds is 4. The molecule has 2 N–H and O–H groups in total. The van der Waals surface area contributed by atoms with Gasteiger partial charge in [-0.25, -0.2) is 10.2 Å². The van der Waals surface area contributed by atoms with Crippen LogP contribution < -0.4 is 5.48 Å². The monoisotopic (exact) mass is 273 g/mol. The molecule has 5 heteroatoms. The summed E-state index contributed by atoms with van der Waals surface area (Å²) < 4.78 is 1.73. The summed E-state index contributed by atoms with van der Waals surface area (Å²) in [6.45, 7) is 6.23. The Morgan fingerprint density at radius 3 is 2.50 bits per heavy atom. The molecule has 0 bridgehead atoms. The molecule has 2 aromatic rings. The average molecular weight is 273 g/mol. The molecule has 0 aliphatic heterocycles. The summed E-state index contributed by atoms with van der Waals surface area (Å²) in [5.74, 6) is -0.0602. The Morgan fingerprint density at radius 2 is 2.00 bits per heavy atom. The third-order valence-electron chi connectivity index (χ3n) is 3.35. The van der Waals surface area contributed by atoms with E-state index in [0.717, 1.165) is 11.4 Å². The van der Waals surface area contributed by atoms with Gasteiger partial charge in [0.05, 0.1) is 23.1 Å². The van der Waals surface area contributed by atoms with E-state index in [0.29, 0.717) is 17.9 Å². The Kier molecular flexibility index (Phi) is 4.20. The highest BCUT2D eigenvalue weighted by Gasteiger charge is 2.16. The molecule has 5 nitrogen and oxygen atoms in total. The van der Waals surface area contributed by atoms with Gasteiger partial charge in [0.15, 0.2) is 0 Å². The first kappa shape index (κ1) is 14.3. The van der Waals surface area contributed by atoms with Gasteiger partial charge in [-0.3, -0.25) is 10.0 Å². The SMILES string of the molecule is CCc1c(C(=O)NO)cnn1-c1ccc(C(C)C)cc1. The van der Waals surface area contributed by atoms with Crippen LogP contribution >= 0.6 is 0 Å². The fraction of sp³-hybridized carbons (Fsp3) is 0.333. The summed E-state index contributed by atoms with van der Waals surface area (Å²) >= 11 is 0. The zero-order chi connectivity index (χ0) is 14.7. The van der Waals surface area contributed by atoms with E-state index in [4.69, 9.17) is 5.21 Å². The van der Waals surface area contributed by atoms with E-state index in [9.17, 15) is 4.79 Å². The predicted molar refractivity (Wildman–Crippen MR) is 76.3 cm³/mol. The molecule has 0 saturated heterocycles. The number of hydrogen-bond donors (Lipinski definition) is 2. The number of aromatic nitrogens is 2. The van der Waals surface area contributed by atoms with Crippen molar-refractivity contribution in [2.24, 2.45) is 0 Å². The lowest BCUT2D eigenvalue weighted by atomic mass is 10.0. The lowest BCUT2D eigenvalue weighted by Crippen LogP contribution is -2.20. The first-order valence-corrected chi connectivity index (χ1v) is 6.70. The maximum Gasteiger partial charge on any atom is 0.278 e. The fourth-order valence-corrected chi connectivity index (χ4v) is 2.19. The van der Waals surface area contributed by atoms with Crippen molar-refractivity contribution in [3.8, 4) is 5.69 Å². The minimum Gasteiger partial charge on any atom is -0.288 e. The van der Waals surface area contributed by atoms with Crippen LogP contribution in [0.2, 0.25) is 0 Å². The molecule has 1 heterocycles. The Balaban J connectivity index is 2.42. The van der Waals surface area contributed by atoms with Crippen molar-refractivity contribution in [1.29, 1.82) is 0 Å². The van der Waals surface area contributed by atoms with E-state index >= 15 is 0 Å². The van der Waals surface area contributed by atoms with Crippen LogP contribution in [0.4, 0.5) is 0 Å². The second kappa shape index (κ2) is 5.88. The maximum atomic E-state index is 11.6. The number of nitrogens with zero attached hydrogens (tertiary/aromatic N) is 2. The van der Waals surface area contributed by atoms with Crippen LogP contribution in [0.3, 0.4) is 0 Å². The number of benzene rings is 1. The molecular weight excluding hydrogens is 254 g/mol. The highest BCUT2D eigenvalue weighted by Crippen LogP contribution is 2.19. The van der Waals surface area contributed by atoms with Crippen LogP contribution in [0, 0.1) is 0 Å². The molecule has 0 spiro atoms. The van der Waals surface area contributed by atoms with Gasteiger partial charge in [0.2, 0.25) is 0 Å². The van der Waals surface area contributed by atoms with Gasteiger partial charge in [0.25, 0.3) is 5.91 Å². The van der Waals surface area contributed by atoms with Gasteiger partial charge in [-0.2, -0.15) is 5.10 Å². The first-order chi connectivity index (χ1) is 9.58. The second-order valence-electron chi connectivity index (χ2n) is 4.96. The van der Waals surface area contributed by atoms with Crippen molar-refractivity contribution in [1.82, 2.24) is 15.3 Å². The van der Waals surface area contributed by atoms with Gasteiger partial charge in [-0.05, 0) is 30.0 Å². The summed E-state index contributed by atoms with van der Waals surface area (Å²) in [5, 5.41) is 13.0. The van der Waals surface area contributed by atoms with Crippen molar-refractivity contribution in [2.75, 3.05) is 0 Å². The maximum absolute atomic E-state index is 11.6. The Bertz CT molecular complexity index is 600. The zero-order valence-electron chi connectivity index (χ0n) is 11.9. The van der Waals surface area contributed by atoms with Crippen LogP contribution in [0.5, 0.6) is 0 Å². The third kappa shape index (κ3) is 2.58. The normalized spacial score (nSPS) is 10.8. The molecule has 0 unspecified atom stereocenters. The van der Waals surface area contributed by atoms with Gasteiger partial charge < -0.3 is 0 Å². The molecule has 0 aliphatic carbocycles. The van der Waals surface area contributed by atoms with Gasteiger partial charge in [0.1, 0.15) is 0 Å². The molecule has 0 aliphatic rings. The number of carbonyl (C=O) groups excluding carboxylic acids is 1. The van der Waals surface area contributed by atoms with E-state index in [2.05, 4.69) is 31.1 Å². The highest BCUT2D eigenvalue weighted by molar-refractivity contribution is 5.94. The molecule has 106 valence electrons. The largest absolute Gasteiger partial charge is 0.288 e. The molecular formula is C15H19N3O2.